The molecule has 7 nitrogen and oxygen atoms in total. The highest BCUT2D eigenvalue weighted by molar-refractivity contribution is 5.96. The summed E-state index contributed by atoms with van der Waals surface area (Å²) in [6.07, 6.45) is 4.90. The molecular weight excluding hydrogens is 346 g/mol. The first-order chi connectivity index (χ1) is 13.0. The molecule has 1 aliphatic heterocycles. The lowest BCUT2D eigenvalue weighted by Crippen LogP contribution is -2.41. The molecule has 150 valence electrons. The van der Waals surface area contributed by atoms with Crippen LogP contribution in [0.25, 0.3) is 0 Å². The van der Waals surface area contributed by atoms with Crippen LogP contribution in [0.3, 0.4) is 0 Å². The largest absolute Gasteiger partial charge is 0.383 e. The number of methoxy groups -OCH3 is 1. The number of benzene rings is 1. The summed E-state index contributed by atoms with van der Waals surface area (Å²) in [5.74, 6) is -0.172. The third-order valence-corrected chi connectivity index (χ3v) is 5.30. The Morgan fingerprint density at radius 2 is 1.93 bits per heavy atom. The van der Waals surface area contributed by atoms with Crippen molar-refractivity contribution in [3.63, 3.8) is 0 Å². The van der Waals surface area contributed by atoms with E-state index in [9.17, 15) is 14.9 Å². The van der Waals surface area contributed by atoms with Gasteiger partial charge in [0.15, 0.2) is 0 Å². The second kappa shape index (κ2) is 10.3. The molecule has 1 aromatic carbocycles. The molecular formula is C20H31N3O4. The number of hydrogen-bond acceptors (Lipinski definition) is 5. The molecule has 0 bridgehead atoms. The number of amides is 1. The molecule has 0 spiro atoms. The zero-order valence-electron chi connectivity index (χ0n) is 16.6. The van der Waals surface area contributed by atoms with Crippen LogP contribution in [0.15, 0.2) is 18.2 Å². The maximum Gasteiger partial charge on any atom is 0.293 e. The van der Waals surface area contributed by atoms with E-state index in [4.69, 9.17) is 4.74 Å². The van der Waals surface area contributed by atoms with Gasteiger partial charge in [0.05, 0.1) is 11.5 Å². The molecule has 0 N–H and O–H groups in total. The van der Waals surface area contributed by atoms with Gasteiger partial charge in [-0.3, -0.25) is 14.9 Å². The van der Waals surface area contributed by atoms with Crippen LogP contribution in [0.4, 0.5) is 11.4 Å². The molecule has 0 saturated carbocycles. The molecule has 0 aliphatic carbocycles. The molecule has 1 saturated heterocycles. The molecule has 0 unspecified atom stereocenters. The first kappa shape index (κ1) is 21.2. The van der Waals surface area contributed by atoms with Gasteiger partial charge in [-0.05, 0) is 44.2 Å². The molecule has 0 radical (unpaired) electrons. The van der Waals surface area contributed by atoms with Gasteiger partial charge < -0.3 is 14.5 Å². The second-order valence-electron chi connectivity index (χ2n) is 6.97. The van der Waals surface area contributed by atoms with Crippen molar-refractivity contribution in [2.24, 2.45) is 0 Å². The van der Waals surface area contributed by atoms with Gasteiger partial charge in [0.25, 0.3) is 11.6 Å². The number of nitro groups is 1. The smallest absolute Gasteiger partial charge is 0.293 e. The number of anilines is 1. The quantitative estimate of drug-likeness (QED) is 0.482. The Kier molecular flexibility index (Phi) is 8.03. The molecule has 1 aromatic rings. The van der Waals surface area contributed by atoms with E-state index in [1.807, 2.05) is 13.8 Å². The maximum absolute atomic E-state index is 13.1. The Hall–Kier alpha value is -2.15. The molecule has 1 fully saturated rings. The Labute approximate surface area is 161 Å². The third-order valence-electron chi connectivity index (χ3n) is 5.30. The minimum Gasteiger partial charge on any atom is -0.383 e. The fourth-order valence-corrected chi connectivity index (χ4v) is 3.74. The van der Waals surface area contributed by atoms with Crippen molar-refractivity contribution in [2.75, 3.05) is 38.3 Å². The Bertz CT molecular complexity index is 640. The van der Waals surface area contributed by atoms with Gasteiger partial charge in [-0.15, -0.1) is 0 Å². The van der Waals surface area contributed by atoms with Gasteiger partial charge in [0.2, 0.25) is 0 Å². The fourth-order valence-electron chi connectivity index (χ4n) is 3.74. The number of nitro benzene ring substituents is 1. The predicted molar refractivity (Wildman–Crippen MR) is 106 cm³/mol. The summed E-state index contributed by atoms with van der Waals surface area (Å²) >= 11 is 0. The fraction of sp³-hybridized carbons (Fsp3) is 0.650. The molecule has 27 heavy (non-hydrogen) atoms. The molecule has 0 aromatic heterocycles. The SMILES string of the molecule is CCC(CC)N(CCOC)C(=O)c1ccc(N2CCCCC2)c([N+](=O)[O-])c1. The molecule has 0 atom stereocenters. The Morgan fingerprint density at radius 3 is 2.48 bits per heavy atom. The van der Waals surface area contributed by atoms with Crippen molar-refractivity contribution in [3.8, 4) is 0 Å². The van der Waals surface area contributed by atoms with E-state index in [-0.39, 0.29) is 22.6 Å². The average Bonchev–Trinajstić information content (AvgIpc) is 2.70. The van der Waals surface area contributed by atoms with Gasteiger partial charge in [-0.2, -0.15) is 0 Å². The van der Waals surface area contributed by atoms with Crippen LogP contribution < -0.4 is 4.90 Å². The highest BCUT2D eigenvalue weighted by Crippen LogP contribution is 2.32. The lowest BCUT2D eigenvalue weighted by atomic mass is 10.1. The summed E-state index contributed by atoms with van der Waals surface area (Å²) in [6.45, 7) is 6.65. The van der Waals surface area contributed by atoms with E-state index in [0.717, 1.165) is 45.2 Å². The zero-order chi connectivity index (χ0) is 19.8. The predicted octanol–water partition coefficient (Wildman–Crippen LogP) is 3.86. The van der Waals surface area contributed by atoms with Crippen LogP contribution in [0, 0.1) is 10.1 Å². The van der Waals surface area contributed by atoms with Crippen LogP contribution in [-0.2, 0) is 4.74 Å². The van der Waals surface area contributed by atoms with E-state index in [0.29, 0.717) is 24.4 Å². The summed E-state index contributed by atoms with van der Waals surface area (Å²) in [4.78, 5) is 28.2. The molecule has 1 aliphatic rings. The summed E-state index contributed by atoms with van der Waals surface area (Å²) in [6, 6.07) is 4.99. The number of carbonyl (C=O) groups is 1. The highest BCUT2D eigenvalue weighted by Gasteiger charge is 2.27. The minimum atomic E-state index is -0.378. The van der Waals surface area contributed by atoms with Crippen LogP contribution >= 0.6 is 0 Å². The number of carbonyl (C=O) groups excluding carboxylic acids is 1. The van der Waals surface area contributed by atoms with Crippen LogP contribution in [0.2, 0.25) is 0 Å². The summed E-state index contributed by atoms with van der Waals surface area (Å²) in [5.41, 5.74) is 0.992. The van der Waals surface area contributed by atoms with Gasteiger partial charge in [-0.1, -0.05) is 13.8 Å². The summed E-state index contributed by atoms with van der Waals surface area (Å²) < 4.78 is 5.15. The second-order valence-corrected chi connectivity index (χ2v) is 6.97. The van der Waals surface area contributed by atoms with E-state index in [1.54, 1.807) is 24.1 Å². The molecule has 1 amide bonds. The average molecular weight is 377 g/mol. The van der Waals surface area contributed by atoms with Gasteiger partial charge in [0.1, 0.15) is 5.69 Å². The number of nitrogens with zero attached hydrogens (tertiary/aromatic N) is 3. The number of ether oxygens (including phenoxy) is 1. The summed E-state index contributed by atoms with van der Waals surface area (Å²) in [5, 5.41) is 11.7. The van der Waals surface area contributed by atoms with Crippen molar-refractivity contribution in [2.45, 2.75) is 52.0 Å². The Balaban J connectivity index is 2.33. The van der Waals surface area contributed by atoms with Gasteiger partial charge >= 0.3 is 0 Å². The third kappa shape index (κ3) is 5.19. The van der Waals surface area contributed by atoms with E-state index < -0.39 is 0 Å². The van der Waals surface area contributed by atoms with Crippen LogP contribution in [0.5, 0.6) is 0 Å². The molecule has 2 rings (SSSR count). The van der Waals surface area contributed by atoms with Crippen molar-refractivity contribution in [1.29, 1.82) is 0 Å². The highest BCUT2D eigenvalue weighted by atomic mass is 16.6. The van der Waals surface area contributed by atoms with Crippen LogP contribution in [0.1, 0.15) is 56.3 Å². The van der Waals surface area contributed by atoms with E-state index >= 15 is 0 Å². The van der Waals surface area contributed by atoms with E-state index in [2.05, 4.69) is 4.90 Å². The van der Waals surface area contributed by atoms with Gasteiger partial charge in [-0.25, -0.2) is 0 Å². The lowest BCUT2D eigenvalue weighted by Gasteiger charge is -2.31. The topological polar surface area (TPSA) is 75.9 Å². The van der Waals surface area contributed by atoms with Crippen molar-refractivity contribution < 1.29 is 14.5 Å². The van der Waals surface area contributed by atoms with Gasteiger partial charge in [0, 0.05) is 44.4 Å². The number of hydrogen-bond donors (Lipinski definition) is 0. The van der Waals surface area contributed by atoms with Crippen molar-refractivity contribution in [1.82, 2.24) is 4.90 Å². The number of piperidine rings is 1. The maximum atomic E-state index is 13.1. The van der Waals surface area contributed by atoms with Crippen molar-refractivity contribution in [3.05, 3.63) is 33.9 Å². The normalized spacial score (nSPS) is 14.4. The minimum absolute atomic E-state index is 0.0130. The molecule has 7 heteroatoms. The zero-order valence-corrected chi connectivity index (χ0v) is 16.6. The lowest BCUT2D eigenvalue weighted by molar-refractivity contribution is -0.384. The standard InChI is InChI=1S/C20H31N3O4/c1-4-17(5-2)22(13-14-27-3)20(24)16-9-10-18(19(15-16)23(25)26)21-11-7-6-8-12-21/h9-10,15,17H,4-8,11-14H2,1-3H3. The summed E-state index contributed by atoms with van der Waals surface area (Å²) in [7, 11) is 1.60. The monoisotopic (exact) mass is 377 g/mol. The number of rotatable bonds is 9. The first-order valence-corrected chi connectivity index (χ1v) is 9.86. The molecule has 1 heterocycles. The van der Waals surface area contributed by atoms with Crippen molar-refractivity contribution >= 4 is 17.3 Å². The first-order valence-electron chi connectivity index (χ1n) is 9.86. The Morgan fingerprint density at radius 1 is 1.26 bits per heavy atom. The van der Waals surface area contributed by atoms with Crippen LogP contribution in [-0.4, -0.2) is 55.1 Å². The van der Waals surface area contributed by atoms with E-state index in [1.165, 1.54) is 6.07 Å².